The van der Waals surface area contributed by atoms with E-state index in [9.17, 15) is 9.90 Å². The highest BCUT2D eigenvalue weighted by atomic mass is 28.4. The van der Waals surface area contributed by atoms with Crippen molar-refractivity contribution in [1.82, 2.24) is 0 Å². The Bertz CT molecular complexity index is 317. The first-order valence-electron chi connectivity index (χ1n) is 5.84. The van der Waals surface area contributed by atoms with Gasteiger partial charge in [-0.25, -0.2) is 4.79 Å². The van der Waals surface area contributed by atoms with E-state index in [1.807, 2.05) is 0 Å². The van der Waals surface area contributed by atoms with Crippen LogP contribution >= 0.6 is 0 Å². The zero-order chi connectivity index (χ0) is 13.3. The van der Waals surface area contributed by atoms with Gasteiger partial charge in [0.2, 0.25) is 0 Å². The number of cyclic esters (lactones) is 1. The minimum absolute atomic E-state index is 0.104. The van der Waals surface area contributed by atoms with Gasteiger partial charge in [0.05, 0.1) is 6.61 Å². The van der Waals surface area contributed by atoms with Gasteiger partial charge in [-0.3, -0.25) is 0 Å². The van der Waals surface area contributed by atoms with E-state index in [1.54, 1.807) is 0 Å². The van der Waals surface area contributed by atoms with E-state index in [1.165, 1.54) is 12.2 Å². The third-order valence-electron chi connectivity index (χ3n) is 3.49. The predicted octanol–water partition coefficient (Wildman–Crippen LogP) is 1.85. The molecule has 0 amide bonds. The SMILES string of the molecule is CC(C)(C)[Si](C)(C)OC[C@H]1OC(=O)C=C[C@H]1O. The number of carbonyl (C=O) groups is 1. The number of aliphatic hydroxyl groups excluding tert-OH is 1. The predicted molar refractivity (Wildman–Crippen MR) is 68.2 cm³/mol. The average Bonchev–Trinajstić information content (AvgIpc) is 2.18. The summed E-state index contributed by atoms with van der Waals surface area (Å²) in [6.07, 6.45) is 1.35. The molecule has 0 aromatic rings. The summed E-state index contributed by atoms with van der Waals surface area (Å²) in [5.74, 6) is -0.417. The van der Waals surface area contributed by atoms with Crippen molar-refractivity contribution >= 4 is 14.3 Å². The minimum Gasteiger partial charge on any atom is -0.454 e. The quantitative estimate of drug-likeness (QED) is 0.620. The van der Waals surface area contributed by atoms with Crippen molar-refractivity contribution in [3.63, 3.8) is 0 Å². The molecule has 1 rings (SSSR count). The number of carbonyl (C=O) groups excluding carboxylic acids is 1. The average molecular weight is 258 g/mol. The van der Waals surface area contributed by atoms with Crippen LogP contribution in [0.2, 0.25) is 18.1 Å². The van der Waals surface area contributed by atoms with Gasteiger partial charge in [-0.1, -0.05) is 20.8 Å². The molecule has 0 spiro atoms. The molecule has 98 valence electrons. The van der Waals surface area contributed by atoms with Gasteiger partial charge in [0.15, 0.2) is 14.4 Å². The highest BCUT2D eigenvalue weighted by molar-refractivity contribution is 6.74. The van der Waals surface area contributed by atoms with Gasteiger partial charge in [-0.05, 0) is 24.2 Å². The van der Waals surface area contributed by atoms with E-state index in [-0.39, 0.29) is 11.6 Å². The highest BCUT2D eigenvalue weighted by Gasteiger charge is 2.38. The van der Waals surface area contributed by atoms with E-state index in [2.05, 4.69) is 33.9 Å². The fourth-order valence-electron chi connectivity index (χ4n) is 1.20. The van der Waals surface area contributed by atoms with Crippen molar-refractivity contribution in [2.45, 2.75) is 51.1 Å². The molecular weight excluding hydrogens is 236 g/mol. The Morgan fingerprint density at radius 1 is 1.47 bits per heavy atom. The molecule has 0 bridgehead atoms. The minimum atomic E-state index is -1.87. The summed E-state index contributed by atoms with van der Waals surface area (Å²) in [6.45, 7) is 10.9. The molecule has 0 aliphatic carbocycles. The summed E-state index contributed by atoms with van der Waals surface area (Å²) >= 11 is 0. The molecule has 0 saturated heterocycles. The molecular formula is C12H22O4Si. The van der Waals surface area contributed by atoms with Crippen LogP contribution < -0.4 is 0 Å². The first kappa shape index (κ1) is 14.4. The third kappa shape index (κ3) is 3.66. The number of hydrogen-bond donors (Lipinski definition) is 1. The molecule has 17 heavy (non-hydrogen) atoms. The first-order chi connectivity index (χ1) is 7.63. The number of esters is 1. The lowest BCUT2D eigenvalue weighted by Crippen LogP contribution is -2.46. The monoisotopic (exact) mass is 258 g/mol. The zero-order valence-electron chi connectivity index (χ0n) is 11.2. The second kappa shape index (κ2) is 4.92. The number of rotatable bonds is 3. The van der Waals surface area contributed by atoms with Gasteiger partial charge in [0.25, 0.3) is 0 Å². The largest absolute Gasteiger partial charge is 0.454 e. The molecule has 0 fully saturated rings. The molecule has 0 radical (unpaired) electrons. The summed E-state index contributed by atoms with van der Waals surface area (Å²) in [6, 6.07) is 0. The smallest absolute Gasteiger partial charge is 0.330 e. The van der Waals surface area contributed by atoms with E-state index < -0.39 is 26.5 Å². The Hall–Kier alpha value is -0.653. The summed E-state index contributed by atoms with van der Waals surface area (Å²) in [5, 5.41) is 9.76. The van der Waals surface area contributed by atoms with Crippen molar-refractivity contribution in [2.24, 2.45) is 0 Å². The summed E-state index contributed by atoms with van der Waals surface area (Å²) in [4.78, 5) is 11.1. The molecule has 1 aliphatic rings. The topological polar surface area (TPSA) is 55.8 Å². The van der Waals surface area contributed by atoms with Crippen LogP contribution in [0.15, 0.2) is 12.2 Å². The van der Waals surface area contributed by atoms with Crippen molar-refractivity contribution in [1.29, 1.82) is 0 Å². The van der Waals surface area contributed by atoms with Crippen LogP contribution in [0.25, 0.3) is 0 Å². The van der Waals surface area contributed by atoms with E-state index in [0.717, 1.165) is 0 Å². The highest BCUT2D eigenvalue weighted by Crippen LogP contribution is 2.36. The second-order valence-electron chi connectivity index (χ2n) is 5.90. The van der Waals surface area contributed by atoms with Gasteiger partial charge >= 0.3 is 5.97 Å². The van der Waals surface area contributed by atoms with Crippen molar-refractivity contribution < 1.29 is 19.1 Å². The Morgan fingerprint density at radius 3 is 2.59 bits per heavy atom. The van der Waals surface area contributed by atoms with Crippen LogP contribution in [-0.2, 0) is 14.0 Å². The number of aliphatic hydroxyl groups is 1. The maximum absolute atomic E-state index is 11.1. The second-order valence-corrected chi connectivity index (χ2v) is 10.7. The molecule has 1 heterocycles. The fourth-order valence-corrected chi connectivity index (χ4v) is 2.21. The Labute approximate surface area is 104 Å². The molecule has 0 unspecified atom stereocenters. The van der Waals surface area contributed by atoms with Crippen molar-refractivity contribution in [2.75, 3.05) is 6.61 Å². The summed E-state index contributed by atoms with van der Waals surface area (Å²) < 4.78 is 10.9. The molecule has 0 aromatic carbocycles. The number of ether oxygens (including phenoxy) is 1. The van der Waals surface area contributed by atoms with Gasteiger partial charge in [-0.2, -0.15) is 0 Å². The van der Waals surface area contributed by atoms with Crippen LogP contribution in [0.4, 0.5) is 0 Å². The lowest BCUT2D eigenvalue weighted by Gasteiger charge is -2.37. The molecule has 0 saturated carbocycles. The standard InChI is InChI=1S/C12H22O4Si/c1-12(2,3)17(4,5)15-8-10-9(13)6-7-11(14)16-10/h6-7,9-10,13H,8H2,1-5H3/t9-,10-/m1/s1. The van der Waals surface area contributed by atoms with Gasteiger partial charge in [-0.15, -0.1) is 0 Å². The van der Waals surface area contributed by atoms with Gasteiger partial charge < -0.3 is 14.3 Å². The first-order valence-corrected chi connectivity index (χ1v) is 8.75. The summed E-state index contributed by atoms with van der Waals surface area (Å²) in [7, 11) is -1.87. The van der Waals surface area contributed by atoms with Crippen LogP contribution in [0.3, 0.4) is 0 Å². The van der Waals surface area contributed by atoms with Crippen LogP contribution in [0.1, 0.15) is 20.8 Å². The Balaban J connectivity index is 2.57. The van der Waals surface area contributed by atoms with E-state index >= 15 is 0 Å². The summed E-state index contributed by atoms with van der Waals surface area (Å²) in [5.41, 5.74) is 0. The normalized spacial score (nSPS) is 25.9. The van der Waals surface area contributed by atoms with Crippen molar-refractivity contribution in [3.05, 3.63) is 12.2 Å². The number of hydrogen-bond acceptors (Lipinski definition) is 4. The van der Waals surface area contributed by atoms with Crippen molar-refractivity contribution in [3.8, 4) is 0 Å². The lowest BCUT2D eigenvalue weighted by atomic mass is 10.1. The Kier molecular flexibility index (Phi) is 4.17. The zero-order valence-corrected chi connectivity index (χ0v) is 12.2. The fraction of sp³-hybridized carbons (Fsp3) is 0.750. The Morgan fingerprint density at radius 2 is 2.06 bits per heavy atom. The van der Waals surface area contributed by atoms with E-state index in [0.29, 0.717) is 0 Å². The molecule has 1 N–H and O–H groups in total. The van der Waals surface area contributed by atoms with Gasteiger partial charge in [0, 0.05) is 6.08 Å². The third-order valence-corrected chi connectivity index (χ3v) is 7.99. The van der Waals surface area contributed by atoms with E-state index in [4.69, 9.17) is 9.16 Å². The van der Waals surface area contributed by atoms with Gasteiger partial charge in [0.1, 0.15) is 6.10 Å². The molecule has 0 aromatic heterocycles. The maximum atomic E-state index is 11.1. The van der Waals surface area contributed by atoms with Crippen LogP contribution in [0.5, 0.6) is 0 Å². The molecule has 5 heteroatoms. The molecule has 4 nitrogen and oxygen atoms in total. The van der Waals surface area contributed by atoms with Crippen LogP contribution in [-0.4, -0.2) is 38.2 Å². The molecule has 1 aliphatic heterocycles. The lowest BCUT2D eigenvalue weighted by molar-refractivity contribution is -0.151. The maximum Gasteiger partial charge on any atom is 0.330 e. The molecule has 2 atom stereocenters. The van der Waals surface area contributed by atoms with Crippen LogP contribution in [0, 0.1) is 0 Å².